The lowest BCUT2D eigenvalue weighted by molar-refractivity contribution is -0.147. The first kappa shape index (κ1) is 11.2. The van der Waals surface area contributed by atoms with Crippen LogP contribution in [0.2, 0.25) is 10.0 Å². The van der Waals surface area contributed by atoms with E-state index in [1.807, 2.05) is 0 Å². The van der Waals surface area contributed by atoms with Crippen molar-refractivity contribution in [2.45, 2.75) is 6.10 Å². The third-order valence-corrected chi connectivity index (χ3v) is 2.21. The number of benzene rings is 1. The second kappa shape index (κ2) is 4.13. The highest BCUT2D eigenvalue weighted by Gasteiger charge is 2.24. The van der Waals surface area contributed by atoms with Gasteiger partial charge in [0.2, 0.25) is 0 Å². The van der Waals surface area contributed by atoms with Crippen LogP contribution in [-0.4, -0.2) is 16.2 Å². The van der Waals surface area contributed by atoms with Gasteiger partial charge in [-0.2, -0.15) is 0 Å². The maximum absolute atomic E-state index is 13.2. The van der Waals surface area contributed by atoms with Crippen molar-refractivity contribution in [3.8, 4) is 0 Å². The zero-order valence-electron chi connectivity index (χ0n) is 6.67. The number of halogens is 3. The molecule has 0 unspecified atom stereocenters. The van der Waals surface area contributed by atoms with E-state index in [1.165, 1.54) is 12.1 Å². The summed E-state index contributed by atoms with van der Waals surface area (Å²) in [5, 5.41) is 17.1. The smallest absolute Gasteiger partial charge is 0.337 e. The Balaban J connectivity index is 3.32. The second-order valence-corrected chi connectivity index (χ2v) is 3.31. The van der Waals surface area contributed by atoms with E-state index in [0.29, 0.717) is 0 Å². The van der Waals surface area contributed by atoms with E-state index in [1.54, 1.807) is 0 Å². The second-order valence-electron chi connectivity index (χ2n) is 2.50. The molecule has 0 bridgehead atoms. The lowest BCUT2D eigenvalue weighted by atomic mass is 10.1. The summed E-state index contributed by atoms with van der Waals surface area (Å²) in [6.07, 6.45) is -2.01. The van der Waals surface area contributed by atoms with Crippen molar-refractivity contribution in [2.24, 2.45) is 0 Å². The van der Waals surface area contributed by atoms with E-state index in [-0.39, 0.29) is 10.0 Å². The molecule has 1 aromatic rings. The highest BCUT2D eigenvalue weighted by molar-refractivity contribution is 6.33. The summed E-state index contributed by atoms with van der Waals surface area (Å²) in [7, 11) is 0. The van der Waals surface area contributed by atoms with Crippen molar-refractivity contribution in [2.75, 3.05) is 0 Å². The van der Waals surface area contributed by atoms with E-state index < -0.39 is 23.5 Å². The van der Waals surface area contributed by atoms with Crippen molar-refractivity contribution in [3.63, 3.8) is 0 Å². The molecule has 0 radical (unpaired) electrons. The Bertz CT molecular complexity index is 381. The lowest BCUT2D eigenvalue weighted by Crippen LogP contribution is -2.13. The van der Waals surface area contributed by atoms with Crippen LogP contribution >= 0.6 is 23.2 Å². The first-order chi connectivity index (χ1) is 6.45. The van der Waals surface area contributed by atoms with Gasteiger partial charge in [0.25, 0.3) is 0 Å². The van der Waals surface area contributed by atoms with Crippen LogP contribution in [0.3, 0.4) is 0 Å². The molecule has 0 amide bonds. The van der Waals surface area contributed by atoms with Crippen LogP contribution in [0, 0.1) is 5.82 Å². The summed E-state index contributed by atoms with van der Waals surface area (Å²) in [4.78, 5) is 10.4. The Hall–Kier alpha value is -0.840. The molecule has 0 saturated carbocycles. The van der Waals surface area contributed by atoms with Crippen LogP contribution in [-0.2, 0) is 4.79 Å². The van der Waals surface area contributed by atoms with Gasteiger partial charge in [0.1, 0.15) is 5.82 Å². The van der Waals surface area contributed by atoms with Crippen LogP contribution in [0.4, 0.5) is 4.39 Å². The number of aliphatic hydroxyl groups excluding tert-OH is 1. The minimum Gasteiger partial charge on any atom is -0.479 e. The molecule has 0 aromatic heterocycles. The third-order valence-electron chi connectivity index (χ3n) is 1.59. The van der Waals surface area contributed by atoms with E-state index in [0.717, 1.165) is 0 Å². The Morgan fingerprint density at radius 1 is 1.36 bits per heavy atom. The molecule has 1 rings (SSSR count). The number of carboxylic acid groups (broad SMARTS) is 1. The van der Waals surface area contributed by atoms with Gasteiger partial charge < -0.3 is 10.2 Å². The first-order valence-corrected chi connectivity index (χ1v) is 4.25. The molecular formula is C8H5Cl2FO3. The maximum atomic E-state index is 13.2. The van der Waals surface area contributed by atoms with Gasteiger partial charge in [-0.15, -0.1) is 0 Å². The van der Waals surface area contributed by atoms with Crippen molar-refractivity contribution in [1.29, 1.82) is 0 Å². The van der Waals surface area contributed by atoms with Crippen LogP contribution < -0.4 is 0 Å². The molecule has 6 heteroatoms. The van der Waals surface area contributed by atoms with Gasteiger partial charge in [0.15, 0.2) is 6.10 Å². The molecule has 3 nitrogen and oxygen atoms in total. The SMILES string of the molecule is O=C(O)[C@@H](O)c1c(Cl)ccc(Cl)c1F. The van der Waals surface area contributed by atoms with Crippen molar-refractivity contribution in [1.82, 2.24) is 0 Å². The average molecular weight is 239 g/mol. The predicted molar refractivity (Wildman–Crippen MR) is 49.0 cm³/mol. The van der Waals surface area contributed by atoms with Crippen LogP contribution in [0.25, 0.3) is 0 Å². The minimum absolute atomic E-state index is 0.179. The van der Waals surface area contributed by atoms with Crippen molar-refractivity contribution >= 4 is 29.2 Å². The molecule has 2 N–H and O–H groups in total. The van der Waals surface area contributed by atoms with Gasteiger partial charge in [0, 0.05) is 5.56 Å². The summed E-state index contributed by atoms with van der Waals surface area (Å²) in [5.41, 5.74) is -0.522. The zero-order chi connectivity index (χ0) is 10.9. The van der Waals surface area contributed by atoms with Gasteiger partial charge in [-0.1, -0.05) is 23.2 Å². The number of aliphatic carboxylic acids is 1. The van der Waals surface area contributed by atoms with E-state index in [2.05, 4.69) is 0 Å². The fourth-order valence-electron chi connectivity index (χ4n) is 0.917. The average Bonchev–Trinajstić information content (AvgIpc) is 2.12. The first-order valence-electron chi connectivity index (χ1n) is 3.49. The minimum atomic E-state index is -2.01. The Morgan fingerprint density at radius 2 is 1.86 bits per heavy atom. The Labute approximate surface area is 88.7 Å². The number of carboxylic acids is 1. The van der Waals surface area contributed by atoms with Crippen LogP contribution in [0.1, 0.15) is 11.7 Å². The van der Waals surface area contributed by atoms with Gasteiger partial charge in [-0.3, -0.25) is 0 Å². The molecule has 1 atom stereocenters. The number of carbonyl (C=O) groups is 1. The summed E-state index contributed by atoms with van der Waals surface area (Å²) in [5.74, 6) is -2.61. The number of hydrogen-bond donors (Lipinski definition) is 2. The van der Waals surface area contributed by atoms with Gasteiger partial charge >= 0.3 is 5.97 Å². The van der Waals surface area contributed by atoms with Gasteiger partial charge in [0.05, 0.1) is 10.0 Å². The highest BCUT2D eigenvalue weighted by atomic mass is 35.5. The Morgan fingerprint density at radius 3 is 2.36 bits per heavy atom. The molecule has 0 spiro atoms. The summed E-state index contributed by atoms with van der Waals surface area (Å²) >= 11 is 10.9. The fraction of sp³-hybridized carbons (Fsp3) is 0.125. The summed E-state index contributed by atoms with van der Waals surface area (Å²) in [6, 6.07) is 2.39. The number of hydrogen-bond acceptors (Lipinski definition) is 2. The molecule has 0 saturated heterocycles. The molecule has 0 fully saturated rings. The van der Waals surface area contributed by atoms with Gasteiger partial charge in [-0.25, -0.2) is 9.18 Å². The molecule has 0 heterocycles. The normalized spacial score (nSPS) is 12.6. The fourth-order valence-corrected chi connectivity index (χ4v) is 1.33. The monoisotopic (exact) mass is 238 g/mol. The number of rotatable bonds is 2. The molecule has 76 valence electrons. The van der Waals surface area contributed by atoms with E-state index in [4.69, 9.17) is 33.4 Å². The van der Waals surface area contributed by atoms with E-state index in [9.17, 15) is 9.18 Å². The Kier molecular flexibility index (Phi) is 3.31. The largest absolute Gasteiger partial charge is 0.479 e. The van der Waals surface area contributed by atoms with E-state index >= 15 is 0 Å². The van der Waals surface area contributed by atoms with Crippen molar-refractivity contribution in [3.05, 3.63) is 33.6 Å². The summed E-state index contributed by atoms with van der Waals surface area (Å²) < 4.78 is 13.2. The standard InChI is InChI=1S/C8H5Cl2FO3/c9-3-1-2-4(10)6(11)5(3)7(12)8(13)14/h1-2,7,12H,(H,13,14)/t7-/m0/s1. The molecule has 0 aliphatic heterocycles. The van der Waals surface area contributed by atoms with Crippen molar-refractivity contribution < 1.29 is 19.4 Å². The van der Waals surface area contributed by atoms with Gasteiger partial charge in [-0.05, 0) is 12.1 Å². The molecular weight excluding hydrogens is 234 g/mol. The summed E-state index contributed by atoms with van der Waals surface area (Å²) in [6.45, 7) is 0. The molecule has 14 heavy (non-hydrogen) atoms. The lowest BCUT2D eigenvalue weighted by Gasteiger charge is -2.09. The van der Waals surface area contributed by atoms with Crippen LogP contribution in [0.5, 0.6) is 0 Å². The highest BCUT2D eigenvalue weighted by Crippen LogP contribution is 2.30. The molecule has 0 aliphatic carbocycles. The molecule has 0 aliphatic rings. The number of aliphatic hydroxyl groups is 1. The quantitative estimate of drug-likeness (QED) is 0.778. The predicted octanol–water partition coefficient (Wildman–Crippen LogP) is 2.25. The topological polar surface area (TPSA) is 57.5 Å². The third kappa shape index (κ3) is 1.97. The molecule has 1 aromatic carbocycles. The maximum Gasteiger partial charge on any atom is 0.337 e. The van der Waals surface area contributed by atoms with Crippen LogP contribution in [0.15, 0.2) is 12.1 Å². The zero-order valence-corrected chi connectivity index (χ0v) is 8.18.